The number of hydrogen-bond donors (Lipinski definition) is 0. The molecule has 0 N–H and O–H groups in total. The van der Waals surface area contributed by atoms with Gasteiger partial charge in [-0.3, -0.25) is 9.59 Å². The lowest BCUT2D eigenvalue weighted by atomic mass is 10.1. The first kappa shape index (κ1) is 16.7. The average molecular weight is 387 g/mol. The van der Waals surface area contributed by atoms with Crippen LogP contribution in [0.2, 0.25) is 0 Å². The fourth-order valence-corrected chi connectivity index (χ4v) is 3.28. The topological polar surface area (TPSA) is 40.6 Å². The van der Waals surface area contributed by atoms with Gasteiger partial charge in [-0.25, -0.2) is 0 Å². The van der Waals surface area contributed by atoms with Crippen LogP contribution in [0.5, 0.6) is 0 Å². The Morgan fingerprint density at radius 3 is 1.83 bits per heavy atom. The second-order valence-electron chi connectivity index (χ2n) is 5.96. The molecule has 1 heterocycles. The van der Waals surface area contributed by atoms with Crippen molar-refractivity contribution in [3.63, 3.8) is 0 Å². The van der Waals surface area contributed by atoms with E-state index in [1.807, 2.05) is 65.3 Å². The molecule has 1 aliphatic heterocycles. The van der Waals surface area contributed by atoms with E-state index >= 15 is 0 Å². The van der Waals surface area contributed by atoms with E-state index in [1.54, 1.807) is 0 Å². The molecule has 2 amide bonds. The molecular formula is C19H19BrN2O2. The van der Waals surface area contributed by atoms with Crippen LogP contribution >= 0.6 is 15.9 Å². The minimum Gasteiger partial charge on any atom is -0.335 e. The Bertz CT molecular complexity index is 702. The maximum atomic E-state index is 12.6. The van der Waals surface area contributed by atoms with Crippen molar-refractivity contribution in [2.75, 3.05) is 26.2 Å². The summed E-state index contributed by atoms with van der Waals surface area (Å²) < 4.78 is 0.890. The molecule has 0 atom stereocenters. The zero-order valence-electron chi connectivity index (χ0n) is 13.5. The Hall–Kier alpha value is -2.14. The smallest absolute Gasteiger partial charge is 0.254 e. The Labute approximate surface area is 150 Å². The van der Waals surface area contributed by atoms with Gasteiger partial charge in [0.25, 0.3) is 11.8 Å². The van der Waals surface area contributed by atoms with Gasteiger partial charge in [-0.15, -0.1) is 0 Å². The maximum Gasteiger partial charge on any atom is 0.254 e. The molecule has 0 aromatic heterocycles. The van der Waals surface area contributed by atoms with Gasteiger partial charge >= 0.3 is 0 Å². The van der Waals surface area contributed by atoms with E-state index in [2.05, 4.69) is 15.9 Å². The normalized spacial score (nSPS) is 14.6. The molecule has 2 aromatic rings. The minimum absolute atomic E-state index is 0.0129. The SMILES string of the molecule is Cc1cccc(C(=O)N2CCN(C(=O)c3cccc(Br)c3)CC2)c1. The first-order chi connectivity index (χ1) is 11.5. The maximum absolute atomic E-state index is 12.6. The molecule has 24 heavy (non-hydrogen) atoms. The van der Waals surface area contributed by atoms with Gasteiger partial charge in [0.2, 0.25) is 0 Å². The molecule has 5 heteroatoms. The first-order valence-electron chi connectivity index (χ1n) is 7.95. The van der Waals surface area contributed by atoms with Crippen LogP contribution in [0, 0.1) is 6.92 Å². The fourth-order valence-electron chi connectivity index (χ4n) is 2.88. The fraction of sp³-hybridized carbons (Fsp3) is 0.263. The number of hydrogen-bond acceptors (Lipinski definition) is 2. The summed E-state index contributed by atoms with van der Waals surface area (Å²) in [6, 6.07) is 15.0. The molecule has 2 aromatic carbocycles. The van der Waals surface area contributed by atoms with Gasteiger partial charge in [0, 0.05) is 41.8 Å². The second-order valence-corrected chi connectivity index (χ2v) is 6.88. The molecule has 3 rings (SSSR count). The van der Waals surface area contributed by atoms with Crippen LogP contribution < -0.4 is 0 Å². The van der Waals surface area contributed by atoms with Crippen molar-refractivity contribution in [2.45, 2.75) is 6.92 Å². The van der Waals surface area contributed by atoms with E-state index in [0.29, 0.717) is 37.3 Å². The molecular weight excluding hydrogens is 368 g/mol. The summed E-state index contributed by atoms with van der Waals surface area (Å²) in [7, 11) is 0. The zero-order chi connectivity index (χ0) is 17.1. The minimum atomic E-state index is 0.0129. The molecule has 0 radical (unpaired) electrons. The largest absolute Gasteiger partial charge is 0.335 e. The van der Waals surface area contributed by atoms with E-state index in [9.17, 15) is 9.59 Å². The van der Waals surface area contributed by atoms with Crippen molar-refractivity contribution < 1.29 is 9.59 Å². The van der Waals surface area contributed by atoms with Crippen molar-refractivity contribution >= 4 is 27.7 Å². The monoisotopic (exact) mass is 386 g/mol. The lowest BCUT2D eigenvalue weighted by Gasteiger charge is -2.35. The number of halogens is 1. The Kier molecular flexibility index (Phi) is 5.00. The number of nitrogens with zero attached hydrogens (tertiary/aromatic N) is 2. The summed E-state index contributed by atoms with van der Waals surface area (Å²) in [5, 5.41) is 0. The van der Waals surface area contributed by atoms with Crippen LogP contribution in [-0.4, -0.2) is 47.8 Å². The van der Waals surface area contributed by atoms with Crippen LogP contribution in [0.25, 0.3) is 0 Å². The Morgan fingerprint density at radius 2 is 1.33 bits per heavy atom. The third-order valence-corrected chi connectivity index (χ3v) is 4.68. The number of piperazine rings is 1. The van der Waals surface area contributed by atoms with E-state index in [4.69, 9.17) is 0 Å². The van der Waals surface area contributed by atoms with Crippen molar-refractivity contribution in [2.24, 2.45) is 0 Å². The molecule has 1 fully saturated rings. The van der Waals surface area contributed by atoms with Gasteiger partial charge in [-0.1, -0.05) is 39.7 Å². The van der Waals surface area contributed by atoms with E-state index in [0.717, 1.165) is 10.0 Å². The summed E-state index contributed by atoms with van der Waals surface area (Å²) in [4.78, 5) is 28.7. The van der Waals surface area contributed by atoms with Gasteiger partial charge in [0.05, 0.1) is 0 Å². The number of amides is 2. The predicted molar refractivity (Wildman–Crippen MR) is 97.1 cm³/mol. The highest BCUT2D eigenvalue weighted by atomic mass is 79.9. The number of carbonyl (C=O) groups is 2. The first-order valence-corrected chi connectivity index (χ1v) is 8.75. The molecule has 1 saturated heterocycles. The van der Waals surface area contributed by atoms with E-state index in [-0.39, 0.29) is 11.8 Å². The highest BCUT2D eigenvalue weighted by molar-refractivity contribution is 9.10. The number of benzene rings is 2. The van der Waals surface area contributed by atoms with Gasteiger partial charge in [0.15, 0.2) is 0 Å². The molecule has 0 bridgehead atoms. The number of carbonyl (C=O) groups excluding carboxylic acids is 2. The van der Waals surface area contributed by atoms with Gasteiger partial charge in [0.1, 0.15) is 0 Å². The van der Waals surface area contributed by atoms with Crippen LogP contribution in [0.15, 0.2) is 53.0 Å². The summed E-state index contributed by atoms with van der Waals surface area (Å²) >= 11 is 3.39. The van der Waals surface area contributed by atoms with Crippen molar-refractivity contribution in [3.05, 3.63) is 69.7 Å². The van der Waals surface area contributed by atoms with Gasteiger partial charge < -0.3 is 9.80 Å². The Morgan fingerprint density at radius 1 is 0.833 bits per heavy atom. The highest BCUT2D eigenvalue weighted by Gasteiger charge is 2.25. The molecule has 0 spiro atoms. The van der Waals surface area contributed by atoms with Gasteiger partial charge in [-0.2, -0.15) is 0 Å². The highest BCUT2D eigenvalue weighted by Crippen LogP contribution is 2.16. The zero-order valence-corrected chi connectivity index (χ0v) is 15.1. The molecule has 124 valence electrons. The summed E-state index contributed by atoms with van der Waals surface area (Å²) in [5.41, 5.74) is 2.45. The molecule has 0 unspecified atom stereocenters. The molecule has 0 saturated carbocycles. The van der Waals surface area contributed by atoms with Gasteiger partial charge in [-0.05, 0) is 37.3 Å². The lowest BCUT2D eigenvalue weighted by molar-refractivity contribution is 0.0535. The van der Waals surface area contributed by atoms with E-state index < -0.39 is 0 Å². The molecule has 4 nitrogen and oxygen atoms in total. The average Bonchev–Trinajstić information content (AvgIpc) is 2.60. The quantitative estimate of drug-likeness (QED) is 0.793. The van der Waals surface area contributed by atoms with Crippen molar-refractivity contribution in [1.29, 1.82) is 0 Å². The Balaban J connectivity index is 1.63. The second kappa shape index (κ2) is 7.18. The lowest BCUT2D eigenvalue weighted by Crippen LogP contribution is -2.50. The van der Waals surface area contributed by atoms with E-state index in [1.165, 1.54) is 0 Å². The summed E-state index contributed by atoms with van der Waals surface area (Å²) in [5.74, 6) is 0.0483. The molecule has 1 aliphatic rings. The van der Waals surface area contributed by atoms with Crippen LogP contribution in [0.4, 0.5) is 0 Å². The van der Waals surface area contributed by atoms with Crippen LogP contribution in [0.1, 0.15) is 26.3 Å². The standard InChI is InChI=1S/C19H19BrN2O2/c1-14-4-2-5-15(12-14)18(23)21-8-10-22(11-9-21)19(24)16-6-3-7-17(20)13-16/h2-7,12-13H,8-11H2,1H3. The predicted octanol–water partition coefficient (Wildman–Crippen LogP) is 3.36. The van der Waals surface area contributed by atoms with Crippen LogP contribution in [-0.2, 0) is 0 Å². The third-order valence-electron chi connectivity index (χ3n) is 4.19. The molecule has 0 aliphatic carbocycles. The summed E-state index contributed by atoms with van der Waals surface area (Å²) in [6.07, 6.45) is 0. The summed E-state index contributed by atoms with van der Waals surface area (Å²) in [6.45, 7) is 4.22. The van der Waals surface area contributed by atoms with Crippen molar-refractivity contribution in [3.8, 4) is 0 Å². The van der Waals surface area contributed by atoms with Crippen LogP contribution in [0.3, 0.4) is 0 Å². The third kappa shape index (κ3) is 3.67. The number of aryl methyl sites for hydroxylation is 1. The number of rotatable bonds is 2. The van der Waals surface area contributed by atoms with Crippen molar-refractivity contribution in [1.82, 2.24) is 9.80 Å².